The van der Waals surface area contributed by atoms with Crippen molar-refractivity contribution in [2.75, 3.05) is 13.1 Å². The predicted molar refractivity (Wildman–Crippen MR) is 80.3 cm³/mol. The van der Waals surface area contributed by atoms with Gasteiger partial charge in [0.1, 0.15) is 0 Å². The Bertz CT molecular complexity index is 490. The Kier molecular flexibility index (Phi) is 6.00. The Balaban J connectivity index is 2.65. The SMILES string of the molecule is CCN(CC(=O)NC(C)(C)C)Cc1ccc(C(F)(F)F)cc1. The minimum Gasteiger partial charge on any atom is -0.350 e. The number of nitrogens with zero attached hydrogens (tertiary/aromatic N) is 1. The van der Waals surface area contributed by atoms with E-state index in [1.54, 1.807) is 0 Å². The molecule has 0 saturated carbocycles. The van der Waals surface area contributed by atoms with E-state index in [-0.39, 0.29) is 18.0 Å². The fraction of sp³-hybridized carbons (Fsp3) is 0.562. The summed E-state index contributed by atoms with van der Waals surface area (Å²) < 4.78 is 37.5. The van der Waals surface area contributed by atoms with Crippen LogP contribution in [0.2, 0.25) is 0 Å². The van der Waals surface area contributed by atoms with Gasteiger partial charge < -0.3 is 5.32 Å². The molecule has 0 aliphatic carbocycles. The summed E-state index contributed by atoms with van der Waals surface area (Å²) in [4.78, 5) is 13.8. The number of nitrogens with one attached hydrogen (secondary N) is 1. The topological polar surface area (TPSA) is 32.3 Å². The van der Waals surface area contributed by atoms with Crippen LogP contribution in [0.4, 0.5) is 13.2 Å². The van der Waals surface area contributed by atoms with Crippen LogP contribution in [0.15, 0.2) is 24.3 Å². The fourth-order valence-electron chi connectivity index (χ4n) is 2.00. The van der Waals surface area contributed by atoms with Gasteiger partial charge in [0.2, 0.25) is 5.91 Å². The van der Waals surface area contributed by atoms with Gasteiger partial charge in [-0.15, -0.1) is 0 Å². The van der Waals surface area contributed by atoms with Crippen molar-refractivity contribution in [1.82, 2.24) is 10.2 Å². The lowest BCUT2D eigenvalue weighted by Gasteiger charge is -2.25. The Morgan fingerprint density at radius 1 is 1.14 bits per heavy atom. The first-order chi connectivity index (χ1) is 10.0. The number of alkyl halides is 3. The molecule has 1 aromatic rings. The smallest absolute Gasteiger partial charge is 0.350 e. The Hall–Kier alpha value is -1.56. The third kappa shape index (κ3) is 6.47. The molecule has 1 amide bonds. The molecule has 1 aromatic carbocycles. The molecular formula is C16H23F3N2O. The normalized spacial score (nSPS) is 12.5. The monoisotopic (exact) mass is 316 g/mol. The maximum atomic E-state index is 12.5. The highest BCUT2D eigenvalue weighted by Crippen LogP contribution is 2.29. The summed E-state index contributed by atoms with van der Waals surface area (Å²) >= 11 is 0. The molecule has 0 bridgehead atoms. The van der Waals surface area contributed by atoms with Gasteiger partial charge in [-0.25, -0.2) is 0 Å². The second-order valence-electron chi connectivity index (χ2n) is 6.30. The summed E-state index contributed by atoms with van der Waals surface area (Å²) in [5, 5.41) is 2.87. The molecule has 0 radical (unpaired) electrons. The van der Waals surface area contributed by atoms with Crippen LogP contribution in [0.1, 0.15) is 38.8 Å². The summed E-state index contributed by atoms with van der Waals surface area (Å²) in [6.45, 7) is 8.90. The molecular weight excluding hydrogens is 293 g/mol. The highest BCUT2D eigenvalue weighted by Gasteiger charge is 2.30. The molecule has 0 atom stereocenters. The molecule has 0 aromatic heterocycles. The molecule has 0 spiro atoms. The van der Waals surface area contributed by atoms with Crippen molar-refractivity contribution in [3.05, 3.63) is 35.4 Å². The van der Waals surface area contributed by atoms with Crippen LogP contribution < -0.4 is 5.32 Å². The van der Waals surface area contributed by atoms with Gasteiger partial charge in [0.25, 0.3) is 0 Å². The van der Waals surface area contributed by atoms with Crippen molar-refractivity contribution in [2.24, 2.45) is 0 Å². The Labute approximate surface area is 129 Å². The third-order valence-electron chi connectivity index (χ3n) is 3.02. The summed E-state index contributed by atoms with van der Waals surface area (Å²) in [6.07, 6.45) is -4.32. The number of hydrogen-bond donors (Lipinski definition) is 1. The van der Waals surface area contributed by atoms with Crippen molar-refractivity contribution in [3.8, 4) is 0 Å². The maximum Gasteiger partial charge on any atom is 0.416 e. The van der Waals surface area contributed by atoms with Crippen molar-refractivity contribution in [2.45, 2.75) is 46.0 Å². The lowest BCUT2D eigenvalue weighted by Crippen LogP contribution is -2.45. The van der Waals surface area contributed by atoms with Crippen LogP contribution in [0.3, 0.4) is 0 Å². The highest BCUT2D eigenvalue weighted by molar-refractivity contribution is 5.78. The maximum absolute atomic E-state index is 12.5. The second-order valence-corrected chi connectivity index (χ2v) is 6.30. The van der Waals surface area contributed by atoms with Crippen LogP contribution in [-0.2, 0) is 17.5 Å². The Morgan fingerprint density at radius 2 is 1.68 bits per heavy atom. The number of carbonyl (C=O) groups excluding carboxylic acids is 1. The standard InChI is InChI=1S/C16H23F3N2O/c1-5-21(11-14(22)20-15(2,3)4)10-12-6-8-13(9-7-12)16(17,18)19/h6-9H,5,10-11H2,1-4H3,(H,20,22). The van der Waals surface area contributed by atoms with Crippen molar-refractivity contribution in [1.29, 1.82) is 0 Å². The summed E-state index contributed by atoms with van der Waals surface area (Å²) in [6, 6.07) is 5.04. The average molecular weight is 316 g/mol. The average Bonchev–Trinajstić information content (AvgIpc) is 2.35. The second kappa shape index (κ2) is 7.13. The quantitative estimate of drug-likeness (QED) is 0.902. The number of halogens is 3. The van der Waals surface area contributed by atoms with Gasteiger partial charge >= 0.3 is 6.18 Å². The number of carbonyl (C=O) groups is 1. The Morgan fingerprint density at radius 3 is 2.09 bits per heavy atom. The van der Waals surface area contributed by atoms with Gasteiger partial charge in [-0.3, -0.25) is 9.69 Å². The molecule has 0 heterocycles. The molecule has 0 fully saturated rings. The van der Waals surface area contributed by atoms with Crippen molar-refractivity contribution >= 4 is 5.91 Å². The molecule has 3 nitrogen and oxygen atoms in total. The van der Waals surface area contributed by atoms with E-state index >= 15 is 0 Å². The minimum atomic E-state index is -4.32. The summed E-state index contributed by atoms with van der Waals surface area (Å²) in [7, 11) is 0. The van der Waals surface area contributed by atoms with E-state index in [0.29, 0.717) is 13.1 Å². The lowest BCUT2D eigenvalue weighted by atomic mass is 10.1. The number of likely N-dealkylation sites (N-methyl/N-ethyl adjacent to an activating group) is 1. The van der Waals surface area contributed by atoms with E-state index in [1.165, 1.54) is 12.1 Å². The molecule has 0 aliphatic heterocycles. The number of rotatable bonds is 5. The van der Waals surface area contributed by atoms with Crippen LogP contribution in [-0.4, -0.2) is 29.4 Å². The number of hydrogen-bond acceptors (Lipinski definition) is 2. The first-order valence-corrected chi connectivity index (χ1v) is 7.21. The molecule has 0 unspecified atom stereocenters. The molecule has 1 rings (SSSR count). The third-order valence-corrected chi connectivity index (χ3v) is 3.02. The first-order valence-electron chi connectivity index (χ1n) is 7.21. The largest absolute Gasteiger partial charge is 0.416 e. The zero-order chi connectivity index (χ0) is 17.0. The van der Waals surface area contributed by atoms with Gasteiger partial charge in [-0.05, 0) is 45.0 Å². The molecule has 22 heavy (non-hydrogen) atoms. The zero-order valence-corrected chi connectivity index (χ0v) is 13.4. The van der Waals surface area contributed by atoms with Gasteiger partial charge in [0, 0.05) is 12.1 Å². The van der Waals surface area contributed by atoms with Crippen LogP contribution in [0.5, 0.6) is 0 Å². The predicted octanol–water partition coefficient (Wildman–Crippen LogP) is 3.44. The molecule has 0 aliphatic rings. The van der Waals surface area contributed by atoms with Gasteiger partial charge in [0.05, 0.1) is 12.1 Å². The highest BCUT2D eigenvalue weighted by atomic mass is 19.4. The molecule has 124 valence electrons. The zero-order valence-electron chi connectivity index (χ0n) is 13.4. The van der Waals surface area contributed by atoms with E-state index < -0.39 is 11.7 Å². The van der Waals surface area contributed by atoms with E-state index in [4.69, 9.17) is 0 Å². The van der Waals surface area contributed by atoms with E-state index in [9.17, 15) is 18.0 Å². The van der Waals surface area contributed by atoms with E-state index in [2.05, 4.69) is 5.32 Å². The first kappa shape index (κ1) is 18.5. The van der Waals surface area contributed by atoms with Crippen LogP contribution >= 0.6 is 0 Å². The van der Waals surface area contributed by atoms with Crippen LogP contribution in [0.25, 0.3) is 0 Å². The summed E-state index contributed by atoms with van der Waals surface area (Å²) in [5.41, 5.74) is -0.214. The number of amides is 1. The van der Waals surface area contributed by atoms with E-state index in [0.717, 1.165) is 17.7 Å². The summed E-state index contributed by atoms with van der Waals surface area (Å²) in [5.74, 6) is -0.0961. The van der Waals surface area contributed by atoms with E-state index in [1.807, 2.05) is 32.6 Å². The minimum absolute atomic E-state index is 0.0961. The number of benzene rings is 1. The molecule has 6 heteroatoms. The molecule has 1 N–H and O–H groups in total. The van der Waals surface area contributed by atoms with Gasteiger partial charge in [0.15, 0.2) is 0 Å². The van der Waals surface area contributed by atoms with Gasteiger partial charge in [-0.1, -0.05) is 19.1 Å². The van der Waals surface area contributed by atoms with Gasteiger partial charge in [-0.2, -0.15) is 13.2 Å². The fourth-order valence-corrected chi connectivity index (χ4v) is 2.00. The van der Waals surface area contributed by atoms with Crippen LogP contribution in [0, 0.1) is 0 Å². The van der Waals surface area contributed by atoms with Crippen molar-refractivity contribution < 1.29 is 18.0 Å². The lowest BCUT2D eigenvalue weighted by molar-refractivity contribution is -0.137. The van der Waals surface area contributed by atoms with Crippen molar-refractivity contribution in [3.63, 3.8) is 0 Å². The molecule has 0 saturated heterocycles.